The quantitative estimate of drug-likeness (QED) is 0.564. The summed E-state index contributed by atoms with van der Waals surface area (Å²) in [7, 11) is 0. The number of hydrogen-bond donors (Lipinski definition) is 0. The summed E-state index contributed by atoms with van der Waals surface area (Å²) in [5, 5.41) is 0. The van der Waals surface area contributed by atoms with Crippen molar-refractivity contribution in [3.8, 4) is 0 Å². The van der Waals surface area contributed by atoms with Crippen LogP contribution in [0, 0.1) is 0 Å². The van der Waals surface area contributed by atoms with Gasteiger partial charge in [-0.25, -0.2) is 0 Å². The maximum atomic E-state index is 13.6. The topological polar surface area (TPSA) is 40.6 Å². The molecule has 4 nitrogen and oxygen atoms in total. The monoisotopic (exact) mass is 404 g/mol. The first-order valence-electron chi connectivity index (χ1n) is 11.0. The largest absolute Gasteiger partial charge is 0.336 e. The van der Waals surface area contributed by atoms with Gasteiger partial charge in [-0.3, -0.25) is 9.59 Å². The van der Waals surface area contributed by atoms with E-state index >= 15 is 0 Å². The summed E-state index contributed by atoms with van der Waals surface area (Å²) < 4.78 is 0. The van der Waals surface area contributed by atoms with Gasteiger partial charge in [-0.1, -0.05) is 74.9 Å². The number of carbonyl (C=O) groups excluding carboxylic acids is 2. The van der Waals surface area contributed by atoms with E-state index in [-0.39, 0.29) is 30.3 Å². The Hall–Kier alpha value is -2.88. The standard InChI is InChI=1S/C26H32N2O2/c1-4-6-17-28(24(5-2)22-13-8-7-9-14-22)26(30)19-25-23-15-11-10-12-21(23)16-18-27(25)20(3)29/h7-16,18,24-25H,4-6,17,19H2,1-3H3/t24-,25-/m1/s1. The Morgan fingerprint density at radius 2 is 1.73 bits per heavy atom. The molecule has 1 heterocycles. The van der Waals surface area contributed by atoms with E-state index in [9.17, 15) is 9.59 Å². The minimum Gasteiger partial charge on any atom is -0.336 e. The van der Waals surface area contributed by atoms with Gasteiger partial charge in [0.05, 0.1) is 18.5 Å². The van der Waals surface area contributed by atoms with Crippen molar-refractivity contribution >= 4 is 17.9 Å². The summed E-state index contributed by atoms with van der Waals surface area (Å²) in [5.41, 5.74) is 3.27. The van der Waals surface area contributed by atoms with E-state index in [1.807, 2.05) is 59.6 Å². The molecule has 2 aromatic rings. The molecule has 2 aromatic carbocycles. The highest BCUT2D eigenvalue weighted by Crippen LogP contribution is 2.35. The van der Waals surface area contributed by atoms with E-state index < -0.39 is 0 Å². The first-order chi connectivity index (χ1) is 14.6. The van der Waals surface area contributed by atoms with Crippen molar-refractivity contribution in [3.05, 3.63) is 77.5 Å². The van der Waals surface area contributed by atoms with Crippen LogP contribution in [-0.2, 0) is 9.59 Å². The Kier molecular flexibility index (Phi) is 7.45. The molecule has 0 spiro atoms. The van der Waals surface area contributed by atoms with Crippen LogP contribution in [-0.4, -0.2) is 28.2 Å². The first-order valence-corrected chi connectivity index (χ1v) is 11.0. The SMILES string of the molecule is CCCCN(C(=O)C[C@@H]1c2ccccc2C=CN1C(C)=O)[C@H](CC)c1ccccc1. The summed E-state index contributed by atoms with van der Waals surface area (Å²) in [6, 6.07) is 18.1. The molecule has 4 heteroatoms. The highest BCUT2D eigenvalue weighted by atomic mass is 16.2. The second-order valence-corrected chi connectivity index (χ2v) is 7.87. The molecule has 0 N–H and O–H groups in total. The molecule has 1 aliphatic rings. The highest BCUT2D eigenvalue weighted by molar-refractivity contribution is 5.82. The van der Waals surface area contributed by atoms with Gasteiger partial charge in [0, 0.05) is 19.7 Å². The second-order valence-electron chi connectivity index (χ2n) is 7.87. The predicted octanol–water partition coefficient (Wildman–Crippen LogP) is 5.73. The van der Waals surface area contributed by atoms with Gasteiger partial charge in [-0.15, -0.1) is 0 Å². The van der Waals surface area contributed by atoms with Gasteiger partial charge in [-0.05, 0) is 35.6 Å². The van der Waals surface area contributed by atoms with Gasteiger partial charge < -0.3 is 9.80 Å². The fourth-order valence-corrected chi connectivity index (χ4v) is 4.29. The predicted molar refractivity (Wildman–Crippen MR) is 121 cm³/mol. The molecule has 0 unspecified atom stereocenters. The summed E-state index contributed by atoms with van der Waals surface area (Å²) in [6.07, 6.45) is 6.90. The molecule has 158 valence electrons. The van der Waals surface area contributed by atoms with E-state index in [1.165, 1.54) is 0 Å². The third-order valence-electron chi connectivity index (χ3n) is 5.86. The second kappa shape index (κ2) is 10.2. The van der Waals surface area contributed by atoms with Crippen molar-refractivity contribution in [2.45, 2.75) is 58.5 Å². The molecule has 0 aliphatic carbocycles. The molecule has 1 aliphatic heterocycles. The molecule has 2 atom stereocenters. The van der Waals surface area contributed by atoms with Crippen LogP contribution in [0.4, 0.5) is 0 Å². The molecule has 2 amide bonds. The van der Waals surface area contributed by atoms with Crippen LogP contribution < -0.4 is 0 Å². The number of nitrogens with zero attached hydrogens (tertiary/aromatic N) is 2. The van der Waals surface area contributed by atoms with Crippen LogP contribution in [0.5, 0.6) is 0 Å². The van der Waals surface area contributed by atoms with E-state index in [0.717, 1.165) is 42.5 Å². The van der Waals surface area contributed by atoms with Crippen LogP contribution in [0.25, 0.3) is 6.08 Å². The lowest BCUT2D eigenvalue weighted by Crippen LogP contribution is -2.39. The normalized spacial score (nSPS) is 16.1. The summed E-state index contributed by atoms with van der Waals surface area (Å²) in [4.78, 5) is 29.7. The highest BCUT2D eigenvalue weighted by Gasteiger charge is 2.31. The summed E-state index contributed by atoms with van der Waals surface area (Å²) in [6.45, 7) is 6.56. The van der Waals surface area contributed by atoms with Crippen LogP contribution in [0.1, 0.15) is 75.2 Å². The number of rotatable bonds is 8. The molecular weight excluding hydrogens is 372 g/mol. The van der Waals surface area contributed by atoms with Crippen molar-refractivity contribution in [1.82, 2.24) is 9.80 Å². The minimum atomic E-state index is -0.270. The molecule has 3 rings (SSSR count). The molecule has 0 radical (unpaired) electrons. The van der Waals surface area contributed by atoms with E-state index in [1.54, 1.807) is 11.8 Å². The maximum absolute atomic E-state index is 13.6. The molecule has 0 saturated heterocycles. The van der Waals surface area contributed by atoms with Crippen molar-refractivity contribution in [2.24, 2.45) is 0 Å². The van der Waals surface area contributed by atoms with Gasteiger partial charge in [0.2, 0.25) is 11.8 Å². The fourth-order valence-electron chi connectivity index (χ4n) is 4.29. The van der Waals surface area contributed by atoms with Crippen LogP contribution in [0.3, 0.4) is 0 Å². The molecule has 0 bridgehead atoms. The van der Waals surface area contributed by atoms with Crippen LogP contribution >= 0.6 is 0 Å². The van der Waals surface area contributed by atoms with Gasteiger partial charge in [-0.2, -0.15) is 0 Å². The van der Waals surface area contributed by atoms with Crippen LogP contribution in [0.2, 0.25) is 0 Å². The Morgan fingerprint density at radius 3 is 2.40 bits per heavy atom. The smallest absolute Gasteiger partial charge is 0.225 e. The average Bonchev–Trinajstić information content (AvgIpc) is 2.77. The fraction of sp³-hybridized carbons (Fsp3) is 0.385. The lowest BCUT2D eigenvalue weighted by atomic mass is 9.92. The molecule has 0 aromatic heterocycles. The first kappa shape index (κ1) is 21.8. The van der Waals surface area contributed by atoms with E-state index in [4.69, 9.17) is 0 Å². The molecular formula is C26H32N2O2. The third kappa shape index (κ3) is 4.81. The lowest BCUT2D eigenvalue weighted by Gasteiger charge is -2.36. The number of carbonyl (C=O) groups is 2. The number of benzene rings is 2. The van der Waals surface area contributed by atoms with E-state index in [2.05, 4.69) is 26.0 Å². The zero-order valence-electron chi connectivity index (χ0n) is 18.3. The summed E-state index contributed by atoms with van der Waals surface area (Å²) in [5.74, 6) is 0.0502. The number of amides is 2. The van der Waals surface area contributed by atoms with Crippen molar-refractivity contribution in [1.29, 1.82) is 0 Å². The third-order valence-corrected chi connectivity index (χ3v) is 5.86. The number of fused-ring (bicyclic) bond motifs is 1. The van der Waals surface area contributed by atoms with Crippen molar-refractivity contribution < 1.29 is 9.59 Å². The van der Waals surface area contributed by atoms with Crippen molar-refractivity contribution in [3.63, 3.8) is 0 Å². The number of unbranched alkanes of at least 4 members (excludes halogenated alkanes) is 1. The Labute approximate surface area is 180 Å². The van der Waals surface area contributed by atoms with Crippen LogP contribution in [0.15, 0.2) is 60.8 Å². The Bertz CT molecular complexity index is 891. The van der Waals surface area contributed by atoms with Gasteiger partial charge >= 0.3 is 0 Å². The maximum Gasteiger partial charge on any atom is 0.225 e. The zero-order valence-corrected chi connectivity index (χ0v) is 18.3. The Morgan fingerprint density at radius 1 is 1.03 bits per heavy atom. The Balaban J connectivity index is 1.90. The van der Waals surface area contributed by atoms with E-state index in [0.29, 0.717) is 0 Å². The zero-order chi connectivity index (χ0) is 21.5. The van der Waals surface area contributed by atoms with Gasteiger partial charge in [0.15, 0.2) is 0 Å². The van der Waals surface area contributed by atoms with Gasteiger partial charge in [0.25, 0.3) is 0 Å². The minimum absolute atomic E-state index is 0.0467. The lowest BCUT2D eigenvalue weighted by molar-refractivity contribution is -0.136. The summed E-state index contributed by atoms with van der Waals surface area (Å²) >= 11 is 0. The van der Waals surface area contributed by atoms with Crippen molar-refractivity contribution in [2.75, 3.05) is 6.54 Å². The van der Waals surface area contributed by atoms with Gasteiger partial charge in [0.1, 0.15) is 0 Å². The molecule has 0 saturated carbocycles. The molecule has 0 fully saturated rings. The number of hydrogen-bond acceptors (Lipinski definition) is 2. The molecule has 30 heavy (non-hydrogen) atoms. The average molecular weight is 405 g/mol.